The van der Waals surface area contributed by atoms with Gasteiger partial charge in [-0.3, -0.25) is 10.1 Å². The van der Waals surface area contributed by atoms with Gasteiger partial charge in [0.25, 0.3) is 5.69 Å². The Morgan fingerprint density at radius 1 is 1.30 bits per heavy atom. The van der Waals surface area contributed by atoms with E-state index in [2.05, 4.69) is 21.2 Å². The van der Waals surface area contributed by atoms with E-state index in [1.807, 2.05) is 0 Å². The largest absolute Gasteiger partial charge is 0.375 e. The van der Waals surface area contributed by atoms with E-state index >= 15 is 0 Å². The van der Waals surface area contributed by atoms with Gasteiger partial charge in [-0.05, 0) is 35.9 Å². The van der Waals surface area contributed by atoms with E-state index in [-0.39, 0.29) is 18.0 Å². The minimum atomic E-state index is -0.501. The lowest BCUT2D eigenvalue weighted by Crippen LogP contribution is -2.03. The molecule has 2 aromatic rings. The number of nitro benzene ring substituents is 1. The van der Waals surface area contributed by atoms with Gasteiger partial charge in [0.05, 0.1) is 4.92 Å². The maximum Gasteiger partial charge on any atom is 0.292 e. The summed E-state index contributed by atoms with van der Waals surface area (Å²) in [7, 11) is 0. The molecule has 0 aliphatic heterocycles. The summed E-state index contributed by atoms with van der Waals surface area (Å²) in [6, 6.07) is 8.50. The highest BCUT2D eigenvalue weighted by Gasteiger charge is 2.14. The van der Waals surface area contributed by atoms with Gasteiger partial charge in [-0.2, -0.15) is 0 Å². The molecule has 0 radical (unpaired) electrons. The molecule has 4 nitrogen and oxygen atoms in total. The molecule has 0 aliphatic rings. The molecule has 0 spiro atoms. The normalized spacial score (nSPS) is 10.3. The van der Waals surface area contributed by atoms with Crippen LogP contribution in [0.3, 0.4) is 0 Å². The second-order valence-electron chi connectivity index (χ2n) is 4.01. The van der Waals surface area contributed by atoms with Gasteiger partial charge in [-0.1, -0.05) is 27.5 Å². The van der Waals surface area contributed by atoms with E-state index in [0.717, 1.165) is 4.47 Å². The molecule has 0 heterocycles. The van der Waals surface area contributed by atoms with E-state index in [9.17, 15) is 14.5 Å². The van der Waals surface area contributed by atoms with Crippen molar-refractivity contribution in [3.63, 3.8) is 0 Å². The summed E-state index contributed by atoms with van der Waals surface area (Å²) < 4.78 is 13.9. The lowest BCUT2D eigenvalue weighted by Gasteiger charge is -2.09. The molecular formula is C13H9BrClFN2O2. The number of nitrogens with one attached hydrogen (secondary N) is 1. The summed E-state index contributed by atoms with van der Waals surface area (Å²) in [6.07, 6.45) is 0. The molecule has 0 amide bonds. The van der Waals surface area contributed by atoms with Crippen LogP contribution in [-0.2, 0) is 6.54 Å². The van der Waals surface area contributed by atoms with Crippen LogP contribution < -0.4 is 5.32 Å². The predicted molar refractivity (Wildman–Crippen MR) is 79.5 cm³/mol. The predicted octanol–water partition coefficient (Wildman–Crippen LogP) is 4.76. The van der Waals surface area contributed by atoms with Crippen molar-refractivity contribution < 1.29 is 9.31 Å². The van der Waals surface area contributed by atoms with Gasteiger partial charge in [0.15, 0.2) is 0 Å². The van der Waals surface area contributed by atoms with Crippen LogP contribution in [0.15, 0.2) is 40.9 Å². The Hall–Kier alpha value is -1.66. The molecule has 2 aromatic carbocycles. The minimum Gasteiger partial charge on any atom is -0.375 e. The highest BCUT2D eigenvalue weighted by molar-refractivity contribution is 9.10. The number of nitro groups is 1. The zero-order chi connectivity index (χ0) is 14.7. The Bertz CT molecular complexity index is 667. The smallest absolute Gasteiger partial charge is 0.292 e. The van der Waals surface area contributed by atoms with E-state index in [1.54, 1.807) is 6.07 Å². The topological polar surface area (TPSA) is 55.2 Å². The van der Waals surface area contributed by atoms with Crippen LogP contribution in [0.4, 0.5) is 15.8 Å². The first-order valence-corrected chi connectivity index (χ1v) is 6.76. The third-order valence-electron chi connectivity index (χ3n) is 2.63. The van der Waals surface area contributed by atoms with Gasteiger partial charge in [-0.25, -0.2) is 4.39 Å². The standard InChI is InChI=1S/C13H9BrClFN2O2/c14-11-3-2-10(16)5-8(11)7-17-12-6-9(15)1-4-13(12)18(19)20/h1-6,17H,7H2. The van der Waals surface area contributed by atoms with Crippen molar-refractivity contribution in [2.24, 2.45) is 0 Å². The average Bonchev–Trinajstić information content (AvgIpc) is 2.39. The van der Waals surface area contributed by atoms with Crippen molar-refractivity contribution in [3.05, 3.63) is 67.4 Å². The maximum atomic E-state index is 13.2. The first-order valence-electron chi connectivity index (χ1n) is 5.59. The summed E-state index contributed by atoms with van der Waals surface area (Å²) in [5.41, 5.74) is 0.861. The Morgan fingerprint density at radius 3 is 2.75 bits per heavy atom. The molecule has 1 N–H and O–H groups in total. The Morgan fingerprint density at radius 2 is 2.05 bits per heavy atom. The quantitative estimate of drug-likeness (QED) is 0.632. The molecule has 0 unspecified atom stereocenters. The average molecular weight is 360 g/mol. The number of hydrogen-bond donors (Lipinski definition) is 1. The summed E-state index contributed by atoms with van der Waals surface area (Å²) in [5, 5.41) is 14.2. The first kappa shape index (κ1) is 14.7. The van der Waals surface area contributed by atoms with Gasteiger partial charge in [0.1, 0.15) is 11.5 Å². The molecular weight excluding hydrogens is 351 g/mol. The second kappa shape index (κ2) is 6.19. The van der Waals surface area contributed by atoms with Crippen LogP contribution in [-0.4, -0.2) is 4.92 Å². The number of halogens is 3. The number of hydrogen-bond acceptors (Lipinski definition) is 3. The molecule has 0 saturated heterocycles. The van der Waals surface area contributed by atoms with Crippen molar-refractivity contribution in [1.29, 1.82) is 0 Å². The fourth-order valence-electron chi connectivity index (χ4n) is 1.68. The van der Waals surface area contributed by atoms with E-state index in [1.165, 1.54) is 30.3 Å². The highest BCUT2D eigenvalue weighted by Crippen LogP contribution is 2.28. The number of nitrogens with zero attached hydrogens (tertiary/aromatic N) is 1. The van der Waals surface area contributed by atoms with Gasteiger partial charge >= 0.3 is 0 Å². The summed E-state index contributed by atoms with van der Waals surface area (Å²) in [4.78, 5) is 10.4. The number of rotatable bonds is 4. The van der Waals surface area contributed by atoms with E-state index in [0.29, 0.717) is 16.3 Å². The van der Waals surface area contributed by atoms with Crippen molar-refractivity contribution in [3.8, 4) is 0 Å². The van der Waals surface area contributed by atoms with Crippen molar-refractivity contribution in [2.45, 2.75) is 6.54 Å². The molecule has 0 bridgehead atoms. The van der Waals surface area contributed by atoms with Crippen molar-refractivity contribution >= 4 is 38.9 Å². The fourth-order valence-corrected chi connectivity index (χ4v) is 2.24. The van der Waals surface area contributed by atoms with Crippen LogP contribution in [0.25, 0.3) is 0 Å². The Labute approximate surface area is 127 Å². The van der Waals surface area contributed by atoms with Crippen LogP contribution in [0.1, 0.15) is 5.56 Å². The maximum absolute atomic E-state index is 13.2. The van der Waals surface area contributed by atoms with Crippen LogP contribution >= 0.6 is 27.5 Å². The number of anilines is 1. The number of benzene rings is 2. The molecule has 0 aromatic heterocycles. The molecule has 0 saturated carbocycles. The highest BCUT2D eigenvalue weighted by atomic mass is 79.9. The Kier molecular flexibility index (Phi) is 4.57. The van der Waals surface area contributed by atoms with Crippen molar-refractivity contribution in [1.82, 2.24) is 0 Å². The van der Waals surface area contributed by atoms with Crippen LogP contribution in [0.2, 0.25) is 5.02 Å². The van der Waals surface area contributed by atoms with Gasteiger partial charge < -0.3 is 5.32 Å². The monoisotopic (exact) mass is 358 g/mol. The van der Waals surface area contributed by atoms with Crippen LogP contribution in [0, 0.1) is 15.9 Å². The first-order chi connectivity index (χ1) is 9.47. The van der Waals surface area contributed by atoms with E-state index < -0.39 is 4.92 Å². The molecule has 7 heteroatoms. The lowest BCUT2D eigenvalue weighted by atomic mass is 10.2. The molecule has 0 aliphatic carbocycles. The van der Waals surface area contributed by atoms with Crippen molar-refractivity contribution in [2.75, 3.05) is 5.32 Å². The minimum absolute atomic E-state index is 0.0816. The SMILES string of the molecule is O=[N+]([O-])c1ccc(Cl)cc1NCc1cc(F)ccc1Br. The molecule has 104 valence electrons. The zero-order valence-corrected chi connectivity index (χ0v) is 12.4. The summed E-state index contributed by atoms with van der Waals surface area (Å²) in [6.45, 7) is 0.236. The van der Waals surface area contributed by atoms with Gasteiger partial charge in [-0.15, -0.1) is 0 Å². The third kappa shape index (κ3) is 3.46. The molecule has 0 fully saturated rings. The second-order valence-corrected chi connectivity index (χ2v) is 5.30. The molecule has 2 rings (SSSR count). The third-order valence-corrected chi connectivity index (χ3v) is 3.64. The fraction of sp³-hybridized carbons (Fsp3) is 0.0769. The van der Waals surface area contributed by atoms with E-state index in [4.69, 9.17) is 11.6 Å². The Balaban J connectivity index is 2.24. The zero-order valence-electron chi connectivity index (χ0n) is 10.1. The molecule has 0 atom stereocenters. The summed E-state index contributed by atoms with van der Waals surface area (Å²) >= 11 is 9.13. The summed E-state index contributed by atoms with van der Waals surface area (Å²) in [5.74, 6) is -0.370. The van der Waals surface area contributed by atoms with Crippen LogP contribution in [0.5, 0.6) is 0 Å². The van der Waals surface area contributed by atoms with Gasteiger partial charge in [0.2, 0.25) is 0 Å². The van der Waals surface area contributed by atoms with Gasteiger partial charge in [0, 0.05) is 22.1 Å². The molecule has 20 heavy (non-hydrogen) atoms. The lowest BCUT2D eigenvalue weighted by molar-refractivity contribution is -0.384.